The zero-order chi connectivity index (χ0) is 18.1. The fourth-order valence-corrected chi connectivity index (χ4v) is 3.63. The van der Waals surface area contributed by atoms with Crippen LogP contribution in [0.25, 0.3) is 11.0 Å². The van der Waals surface area contributed by atoms with Crippen LogP contribution in [0.3, 0.4) is 0 Å². The molecule has 3 aromatic rings. The number of pyridine rings is 1. The van der Waals surface area contributed by atoms with E-state index in [-0.39, 0.29) is 11.4 Å². The number of nitrogens with zero attached hydrogens (tertiary/aromatic N) is 3. The molecule has 0 atom stereocenters. The Bertz CT molecular complexity index is 970. The molecular weight excluding hydrogens is 344 g/mol. The second-order valence-corrected chi connectivity index (χ2v) is 6.49. The van der Waals surface area contributed by atoms with E-state index >= 15 is 0 Å². The monoisotopic (exact) mass is 360 g/mol. The molecule has 0 bridgehead atoms. The quantitative estimate of drug-likeness (QED) is 0.246. The van der Waals surface area contributed by atoms with E-state index in [2.05, 4.69) is 9.97 Å². The number of nitrogens with one attached hydrogen (secondary N) is 1. The van der Waals surface area contributed by atoms with Crippen LogP contribution in [0.2, 0.25) is 0 Å². The van der Waals surface area contributed by atoms with E-state index in [4.69, 9.17) is 4.74 Å². The maximum Gasteiger partial charge on any atom is 0.287 e. The highest BCUT2D eigenvalue weighted by Crippen LogP contribution is 2.29. The van der Waals surface area contributed by atoms with Crippen molar-refractivity contribution in [3.05, 3.63) is 56.5 Å². The molecule has 1 N–H and O–H groups in total. The van der Waals surface area contributed by atoms with Gasteiger partial charge in [0.1, 0.15) is 5.75 Å². The van der Waals surface area contributed by atoms with Gasteiger partial charge in [0.05, 0.1) is 39.9 Å². The van der Waals surface area contributed by atoms with Gasteiger partial charge in [-0.3, -0.25) is 10.1 Å². The summed E-state index contributed by atoms with van der Waals surface area (Å²) < 4.78 is 5.87. The van der Waals surface area contributed by atoms with Gasteiger partial charge in [0, 0.05) is 6.07 Å². The molecule has 2 heterocycles. The van der Waals surface area contributed by atoms with Crippen molar-refractivity contribution in [2.75, 3.05) is 7.11 Å². The van der Waals surface area contributed by atoms with Crippen LogP contribution in [-0.2, 0) is 5.75 Å². The number of thioether (sulfide) groups is 1. The Morgan fingerprint density at radius 3 is 2.84 bits per heavy atom. The van der Waals surface area contributed by atoms with E-state index in [0.717, 1.165) is 16.8 Å². The highest BCUT2D eigenvalue weighted by Gasteiger charge is 2.25. The van der Waals surface area contributed by atoms with Crippen molar-refractivity contribution >= 4 is 28.5 Å². The molecular formula is C16H16N4O4S. The summed E-state index contributed by atoms with van der Waals surface area (Å²) in [5.41, 5.74) is 2.66. The van der Waals surface area contributed by atoms with E-state index in [9.17, 15) is 15.3 Å². The fourth-order valence-electron chi connectivity index (χ4n) is 2.66. The van der Waals surface area contributed by atoms with Gasteiger partial charge in [-0.15, -0.1) is 0 Å². The topological polar surface area (TPSA) is 108 Å². The minimum atomic E-state index is -0.452. The lowest BCUT2D eigenvalue weighted by Crippen LogP contribution is -2.33. The van der Waals surface area contributed by atoms with Crippen LogP contribution in [0.15, 0.2) is 29.6 Å². The number of fused-ring (bicyclic) bond motifs is 1. The van der Waals surface area contributed by atoms with Gasteiger partial charge in [-0.05, 0) is 26.0 Å². The summed E-state index contributed by atoms with van der Waals surface area (Å²) in [4.78, 5) is 18.4. The number of ether oxygens (including phenoxy) is 1. The van der Waals surface area contributed by atoms with E-state index in [0.29, 0.717) is 26.7 Å². The third-order valence-electron chi connectivity index (χ3n) is 3.93. The SMILES string of the molecule is COc1ccc2nc(SCc3c(C)c([N+](=O)[O-])c(C)c[n+]3[O-])[nH]c2c1. The minimum Gasteiger partial charge on any atom is -0.618 e. The van der Waals surface area contributed by atoms with Gasteiger partial charge in [0.15, 0.2) is 11.4 Å². The number of rotatable bonds is 5. The molecule has 0 radical (unpaired) electrons. The first-order valence-electron chi connectivity index (χ1n) is 7.44. The summed E-state index contributed by atoms with van der Waals surface area (Å²) in [6.45, 7) is 3.15. The Labute approximate surface area is 147 Å². The average Bonchev–Trinajstić information content (AvgIpc) is 2.95. The van der Waals surface area contributed by atoms with Crippen molar-refractivity contribution in [3.63, 3.8) is 0 Å². The van der Waals surface area contributed by atoms with Crippen LogP contribution >= 0.6 is 11.8 Å². The summed E-state index contributed by atoms with van der Waals surface area (Å²) in [7, 11) is 1.59. The summed E-state index contributed by atoms with van der Waals surface area (Å²) >= 11 is 1.32. The first kappa shape index (κ1) is 17.0. The van der Waals surface area contributed by atoms with Crippen LogP contribution < -0.4 is 9.47 Å². The van der Waals surface area contributed by atoms with Gasteiger partial charge in [-0.2, -0.15) is 4.73 Å². The van der Waals surface area contributed by atoms with Gasteiger partial charge >= 0.3 is 0 Å². The summed E-state index contributed by atoms with van der Waals surface area (Å²) in [6, 6.07) is 5.49. The molecule has 0 saturated carbocycles. The van der Waals surface area contributed by atoms with Gasteiger partial charge in [-0.25, -0.2) is 4.98 Å². The molecule has 0 saturated heterocycles. The third-order valence-corrected chi connectivity index (χ3v) is 4.82. The number of H-pyrrole nitrogens is 1. The normalized spacial score (nSPS) is 11.0. The molecule has 0 aliphatic heterocycles. The molecule has 1 aromatic carbocycles. The Hall–Kier alpha value is -2.81. The lowest BCUT2D eigenvalue weighted by atomic mass is 10.1. The highest BCUT2D eigenvalue weighted by molar-refractivity contribution is 7.98. The van der Waals surface area contributed by atoms with Gasteiger partial charge in [0.25, 0.3) is 5.69 Å². The number of hydrogen-bond acceptors (Lipinski definition) is 6. The zero-order valence-corrected chi connectivity index (χ0v) is 14.7. The smallest absolute Gasteiger partial charge is 0.287 e. The minimum absolute atomic E-state index is 0.0166. The maximum atomic E-state index is 12.1. The predicted octanol–water partition coefficient (Wildman–Crippen LogP) is 3.02. The van der Waals surface area contributed by atoms with Crippen LogP contribution in [0.5, 0.6) is 5.75 Å². The van der Waals surface area contributed by atoms with Gasteiger partial charge in [-0.1, -0.05) is 11.8 Å². The molecule has 0 aliphatic carbocycles. The zero-order valence-electron chi connectivity index (χ0n) is 13.9. The molecule has 2 aromatic heterocycles. The van der Waals surface area contributed by atoms with E-state index in [1.165, 1.54) is 18.0 Å². The standard InChI is InChI=1S/C16H16N4O4S/c1-9-7-19(21)14(10(2)15(9)20(22)23)8-25-16-17-12-5-4-11(24-3)6-13(12)18-16/h4-7H,8H2,1-3H3,(H,17,18). The van der Waals surface area contributed by atoms with E-state index in [1.54, 1.807) is 21.0 Å². The van der Waals surface area contributed by atoms with Crippen molar-refractivity contribution in [2.24, 2.45) is 0 Å². The van der Waals surface area contributed by atoms with Crippen LogP contribution in [0.4, 0.5) is 5.69 Å². The van der Waals surface area contributed by atoms with E-state index in [1.807, 2.05) is 18.2 Å². The van der Waals surface area contributed by atoms with E-state index < -0.39 is 4.92 Å². The predicted molar refractivity (Wildman–Crippen MR) is 93.7 cm³/mol. The van der Waals surface area contributed by atoms with Crippen LogP contribution in [-0.4, -0.2) is 22.0 Å². The van der Waals surface area contributed by atoms with Crippen LogP contribution in [0, 0.1) is 29.2 Å². The van der Waals surface area contributed by atoms with Gasteiger partial charge < -0.3 is 14.9 Å². The molecule has 130 valence electrons. The Morgan fingerprint density at radius 2 is 2.16 bits per heavy atom. The number of aryl methyl sites for hydroxylation is 1. The largest absolute Gasteiger partial charge is 0.618 e. The van der Waals surface area contributed by atoms with Crippen LogP contribution in [0.1, 0.15) is 16.8 Å². The van der Waals surface area contributed by atoms with Crippen molar-refractivity contribution in [2.45, 2.75) is 24.8 Å². The Balaban J connectivity index is 1.89. The van der Waals surface area contributed by atoms with Crippen molar-refractivity contribution in [1.29, 1.82) is 0 Å². The molecule has 0 aliphatic rings. The average molecular weight is 360 g/mol. The van der Waals surface area contributed by atoms with Crippen molar-refractivity contribution in [1.82, 2.24) is 9.97 Å². The molecule has 25 heavy (non-hydrogen) atoms. The Kier molecular flexibility index (Phi) is 4.49. The number of benzene rings is 1. The molecule has 9 heteroatoms. The third kappa shape index (κ3) is 3.22. The van der Waals surface area contributed by atoms with Crippen molar-refractivity contribution < 1.29 is 14.4 Å². The second kappa shape index (κ2) is 6.60. The second-order valence-electron chi connectivity index (χ2n) is 5.53. The van der Waals surface area contributed by atoms with Gasteiger partial charge in [0.2, 0.25) is 5.69 Å². The number of methoxy groups -OCH3 is 1. The molecule has 0 unspecified atom stereocenters. The number of hydrogen-bond donors (Lipinski definition) is 1. The highest BCUT2D eigenvalue weighted by atomic mass is 32.2. The Morgan fingerprint density at radius 1 is 1.40 bits per heavy atom. The number of imidazole rings is 1. The molecule has 0 amide bonds. The maximum absolute atomic E-state index is 12.1. The number of nitro groups is 1. The lowest BCUT2D eigenvalue weighted by Gasteiger charge is -2.08. The fraction of sp³-hybridized carbons (Fsp3) is 0.250. The first-order valence-corrected chi connectivity index (χ1v) is 8.42. The summed E-state index contributed by atoms with van der Waals surface area (Å²) in [5.74, 6) is 0.989. The van der Waals surface area contributed by atoms with Crippen molar-refractivity contribution in [3.8, 4) is 5.75 Å². The number of aromatic amines is 1. The molecule has 8 nitrogen and oxygen atoms in total. The molecule has 3 rings (SSSR count). The lowest BCUT2D eigenvalue weighted by molar-refractivity contribution is -0.614. The summed E-state index contributed by atoms with van der Waals surface area (Å²) in [5, 5.41) is 24.0. The summed E-state index contributed by atoms with van der Waals surface area (Å²) in [6.07, 6.45) is 1.24. The number of aromatic nitrogens is 3. The first-order chi connectivity index (χ1) is 11.9. The molecule has 0 fully saturated rings. The molecule has 0 spiro atoms.